The van der Waals surface area contributed by atoms with Gasteiger partial charge < -0.3 is 18.6 Å². The molecular formula is C23H24O6. The number of rotatable bonds is 8. The Hall–Kier alpha value is -3.12. The fourth-order valence-electron chi connectivity index (χ4n) is 3.09. The highest BCUT2D eigenvalue weighted by molar-refractivity contribution is 5.94. The van der Waals surface area contributed by atoms with Gasteiger partial charge in [-0.2, -0.15) is 0 Å². The van der Waals surface area contributed by atoms with Crippen LogP contribution in [0, 0.1) is 6.92 Å². The zero-order chi connectivity index (χ0) is 20.8. The van der Waals surface area contributed by atoms with Gasteiger partial charge in [-0.1, -0.05) is 24.3 Å². The fourth-order valence-corrected chi connectivity index (χ4v) is 3.09. The maximum atomic E-state index is 12.2. The molecule has 0 saturated carbocycles. The molecule has 3 rings (SSSR count). The summed E-state index contributed by atoms with van der Waals surface area (Å²) in [6, 6.07) is 14.5. The molecule has 0 aliphatic carbocycles. The lowest BCUT2D eigenvalue weighted by Crippen LogP contribution is -2.34. The lowest BCUT2D eigenvalue weighted by atomic mass is 9.98. The standard InChI is InChI=1S/C23H24O6/c1-4-26-14-21(23(25)27-5-2)28-16-10-11-18-19(13-22(24)29-20(18)12-16)17-9-7-6-8-15(17)3/h6-13,21H,4-5,14H2,1-3H3. The molecule has 6 heteroatoms. The van der Waals surface area contributed by atoms with Crippen molar-refractivity contribution in [2.24, 2.45) is 0 Å². The smallest absolute Gasteiger partial charge is 0.349 e. The van der Waals surface area contributed by atoms with E-state index in [1.165, 1.54) is 6.07 Å². The van der Waals surface area contributed by atoms with Gasteiger partial charge in [0.1, 0.15) is 11.3 Å². The molecule has 152 valence electrons. The van der Waals surface area contributed by atoms with E-state index in [1.807, 2.05) is 44.2 Å². The van der Waals surface area contributed by atoms with Crippen LogP contribution in [-0.2, 0) is 14.3 Å². The first kappa shape index (κ1) is 20.6. The molecule has 0 aliphatic heterocycles. The van der Waals surface area contributed by atoms with E-state index in [2.05, 4.69) is 0 Å². The zero-order valence-corrected chi connectivity index (χ0v) is 16.8. The van der Waals surface area contributed by atoms with E-state index in [9.17, 15) is 9.59 Å². The molecule has 0 aliphatic rings. The summed E-state index contributed by atoms with van der Waals surface area (Å²) in [5.41, 5.74) is 2.73. The summed E-state index contributed by atoms with van der Waals surface area (Å²) in [5, 5.41) is 0.781. The van der Waals surface area contributed by atoms with Gasteiger partial charge in [0.15, 0.2) is 0 Å². The summed E-state index contributed by atoms with van der Waals surface area (Å²) in [7, 11) is 0. The van der Waals surface area contributed by atoms with Crippen LogP contribution in [0.5, 0.6) is 5.75 Å². The SMILES string of the molecule is CCOCC(Oc1ccc2c(-c3ccccc3C)cc(=O)oc2c1)C(=O)OCC. The molecule has 0 fully saturated rings. The average molecular weight is 396 g/mol. The number of carbonyl (C=O) groups is 1. The van der Waals surface area contributed by atoms with Gasteiger partial charge in [-0.05, 0) is 44.0 Å². The summed E-state index contributed by atoms with van der Waals surface area (Å²) >= 11 is 0. The van der Waals surface area contributed by atoms with E-state index < -0.39 is 17.7 Å². The van der Waals surface area contributed by atoms with Crippen LogP contribution in [0.15, 0.2) is 57.7 Å². The van der Waals surface area contributed by atoms with E-state index in [4.69, 9.17) is 18.6 Å². The molecule has 2 aromatic carbocycles. The number of ether oxygens (including phenoxy) is 3. The number of esters is 1. The Labute approximate surface area is 169 Å². The van der Waals surface area contributed by atoms with Gasteiger partial charge in [-0.25, -0.2) is 9.59 Å². The highest BCUT2D eigenvalue weighted by atomic mass is 16.6. The van der Waals surface area contributed by atoms with Crippen molar-refractivity contribution in [3.63, 3.8) is 0 Å². The summed E-state index contributed by atoms with van der Waals surface area (Å²) in [6.45, 7) is 6.32. The van der Waals surface area contributed by atoms with E-state index in [0.29, 0.717) is 17.9 Å². The maximum Gasteiger partial charge on any atom is 0.349 e. The Balaban J connectivity index is 1.99. The topological polar surface area (TPSA) is 75.0 Å². The third-order valence-corrected chi connectivity index (χ3v) is 4.45. The molecule has 0 bridgehead atoms. The minimum atomic E-state index is -0.904. The second-order valence-corrected chi connectivity index (χ2v) is 6.47. The van der Waals surface area contributed by atoms with Crippen molar-refractivity contribution in [1.29, 1.82) is 0 Å². The number of aryl methyl sites for hydroxylation is 1. The monoisotopic (exact) mass is 396 g/mol. The molecule has 0 saturated heterocycles. The number of hydrogen-bond acceptors (Lipinski definition) is 6. The number of fused-ring (bicyclic) bond motifs is 1. The third-order valence-electron chi connectivity index (χ3n) is 4.45. The van der Waals surface area contributed by atoms with Crippen LogP contribution in [-0.4, -0.2) is 31.9 Å². The van der Waals surface area contributed by atoms with Crippen molar-refractivity contribution >= 4 is 16.9 Å². The van der Waals surface area contributed by atoms with Crippen LogP contribution in [0.25, 0.3) is 22.1 Å². The van der Waals surface area contributed by atoms with E-state index in [1.54, 1.807) is 19.1 Å². The van der Waals surface area contributed by atoms with Crippen LogP contribution in [0.1, 0.15) is 19.4 Å². The van der Waals surface area contributed by atoms with Gasteiger partial charge in [0.05, 0.1) is 13.2 Å². The Bertz CT molecular complexity index is 1050. The molecule has 0 amide bonds. The lowest BCUT2D eigenvalue weighted by Gasteiger charge is -2.18. The second-order valence-electron chi connectivity index (χ2n) is 6.47. The third kappa shape index (κ3) is 4.84. The van der Waals surface area contributed by atoms with Crippen molar-refractivity contribution < 1.29 is 23.4 Å². The Morgan fingerprint density at radius 2 is 1.83 bits per heavy atom. The molecule has 1 atom stereocenters. The minimum Gasteiger partial charge on any atom is -0.476 e. The summed E-state index contributed by atoms with van der Waals surface area (Å²) in [6.07, 6.45) is -0.904. The summed E-state index contributed by atoms with van der Waals surface area (Å²) in [4.78, 5) is 24.3. The number of benzene rings is 2. The molecule has 0 spiro atoms. The second kappa shape index (κ2) is 9.39. The molecule has 29 heavy (non-hydrogen) atoms. The molecule has 1 aromatic heterocycles. The van der Waals surface area contributed by atoms with Crippen LogP contribution in [0.3, 0.4) is 0 Å². The van der Waals surface area contributed by atoms with E-state index >= 15 is 0 Å². The van der Waals surface area contributed by atoms with Gasteiger partial charge >= 0.3 is 11.6 Å². The van der Waals surface area contributed by atoms with Crippen LogP contribution in [0.2, 0.25) is 0 Å². The predicted molar refractivity (Wildman–Crippen MR) is 110 cm³/mol. The van der Waals surface area contributed by atoms with Crippen LogP contribution >= 0.6 is 0 Å². The quantitative estimate of drug-likeness (QED) is 0.421. The lowest BCUT2D eigenvalue weighted by molar-refractivity contribution is -0.154. The Morgan fingerprint density at radius 3 is 2.55 bits per heavy atom. The van der Waals surface area contributed by atoms with Gasteiger partial charge in [0, 0.05) is 29.7 Å². The first-order valence-corrected chi connectivity index (χ1v) is 9.58. The Morgan fingerprint density at radius 1 is 1.03 bits per heavy atom. The van der Waals surface area contributed by atoms with Crippen molar-refractivity contribution in [3.8, 4) is 16.9 Å². The van der Waals surface area contributed by atoms with Gasteiger partial charge in [0.25, 0.3) is 0 Å². The molecule has 3 aromatic rings. The molecule has 1 heterocycles. The molecule has 0 N–H and O–H groups in total. The van der Waals surface area contributed by atoms with Crippen molar-refractivity contribution in [1.82, 2.24) is 0 Å². The van der Waals surface area contributed by atoms with Crippen molar-refractivity contribution in [2.75, 3.05) is 19.8 Å². The van der Waals surface area contributed by atoms with Gasteiger partial charge in [0.2, 0.25) is 6.10 Å². The van der Waals surface area contributed by atoms with E-state index in [0.717, 1.165) is 22.1 Å². The molecule has 1 unspecified atom stereocenters. The Kier molecular flexibility index (Phi) is 6.67. The van der Waals surface area contributed by atoms with Gasteiger partial charge in [-0.15, -0.1) is 0 Å². The normalized spacial score (nSPS) is 12.0. The highest BCUT2D eigenvalue weighted by Crippen LogP contribution is 2.31. The van der Waals surface area contributed by atoms with Crippen LogP contribution < -0.4 is 10.4 Å². The van der Waals surface area contributed by atoms with Crippen molar-refractivity contribution in [3.05, 3.63) is 64.5 Å². The first-order chi connectivity index (χ1) is 14.0. The predicted octanol–water partition coefficient (Wildman–Crippen LogP) is 4.12. The summed E-state index contributed by atoms with van der Waals surface area (Å²) < 4.78 is 21.6. The summed E-state index contributed by atoms with van der Waals surface area (Å²) in [5.74, 6) is -0.114. The minimum absolute atomic E-state index is 0.0700. The van der Waals surface area contributed by atoms with Gasteiger partial charge in [-0.3, -0.25) is 0 Å². The fraction of sp³-hybridized carbons (Fsp3) is 0.304. The van der Waals surface area contributed by atoms with Crippen LogP contribution in [0.4, 0.5) is 0 Å². The van der Waals surface area contributed by atoms with E-state index in [-0.39, 0.29) is 13.2 Å². The number of carbonyl (C=O) groups excluding carboxylic acids is 1. The number of hydrogen-bond donors (Lipinski definition) is 0. The maximum absolute atomic E-state index is 12.2. The molecular weight excluding hydrogens is 372 g/mol. The largest absolute Gasteiger partial charge is 0.476 e. The van der Waals surface area contributed by atoms with Crippen molar-refractivity contribution in [2.45, 2.75) is 26.9 Å². The molecule has 0 radical (unpaired) electrons. The highest BCUT2D eigenvalue weighted by Gasteiger charge is 2.22. The molecule has 6 nitrogen and oxygen atoms in total. The average Bonchev–Trinajstić information content (AvgIpc) is 2.70. The first-order valence-electron chi connectivity index (χ1n) is 9.58. The zero-order valence-electron chi connectivity index (χ0n) is 16.8.